The fraction of sp³-hybridized carbons (Fsp3) is 0.323. The van der Waals surface area contributed by atoms with E-state index in [1.54, 1.807) is 18.6 Å². The number of amides is 2. The molecule has 4 N–H and O–H groups in total. The summed E-state index contributed by atoms with van der Waals surface area (Å²) < 4.78 is 5.48. The van der Waals surface area contributed by atoms with Crippen molar-refractivity contribution in [2.45, 2.75) is 37.8 Å². The summed E-state index contributed by atoms with van der Waals surface area (Å²) in [6.45, 7) is 6.49. The van der Waals surface area contributed by atoms with E-state index in [2.05, 4.69) is 53.4 Å². The van der Waals surface area contributed by atoms with Crippen LogP contribution in [0.1, 0.15) is 36.2 Å². The molecule has 11 heteroatoms. The number of morpholine rings is 1. The first-order valence-corrected chi connectivity index (χ1v) is 14.3. The maximum Gasteiger partial charge on any atom is 0.274 e. The summed E-state index contributed by atoms with van der Waals surface area (Å²) >= 11 is 0. The van der Waals surface area contributed by atoms with Crippen LogP contribution in [-0.2, 0) is 9.53 Å². The van der Waals surface area contributed by atoms with Gasteiger partial charge in [-0.2, -0.15) is 0 Å². The second-order valence-corrected chi connectivity index (χ2v) is 10.6. The Morgan fingerprint density at radius 3 is 2.62 bits per heavy atom. The normalized spacial score (nSPS) is 18.8. The van der Waals surface area contributed by atoms with Crippen molar-refractivity contribution >= 4 is 40.0 Å². The molecule has 1 saturated heterocycles. The Morgan fingerprint density at radius 1 is 1.00 bits per heavy atom. The molecule has 0 unspecified atom stereocenters. The van der Waals surface area contributed by atoms with E-state index in [1.807, 2.05) is 30.3 Å². The van der Waals surface area contributed by atoms with Crippen LogP contribution in [0.4, 0.5) is 17.2 Å². The highest BCUT2D eigenvalue weighted by Crippen LogP contribution is 2.30. The number of nitrogens with zero attached hydrogens (tertiary/aromatic N) is 4. The third-order valence-electron chi connectivity index (χ3n) is 7.74. The minimum Gasteiger partial charge on any atom is -0.382 e. The largest absolute Gasteiger partial charge is 0.382 e. The SMILES string of the molecule is C=CC(=O)N[C@@H]1CCC[C@H](Nc2ccnc(C(=O)Nc3ccc(-c4cc5c(N6CCOCC6)ncnc5[nH]4)cc3)c2)C1. The molecule has 1 aliphatic carbocycles. The average Bonchev–Trinajstić information content (AvgIpc) is 3.47. The molecule has 1 saturated carbocycles. The van der Waals surface area contributed by atoms with Crippen molar-refractivity contribution in [2.75, 3.05) is 41.8 Å². The van der Waals surface area contributed by atoms with Crippen LogP contribution in [-0.4, -0.2) is 70.1 Å². The molecule has 0 radical (unpaired) electrons. The predicted octanol–water partition coefficient (Wildman–Crippen LogP) is 4.13. The highest BCUT2D eigenvalue weighted by Gasteiger charge is 2.23. The predicted molar refractivity (Wildman–Crippen MR) is 163 cm³/mol. The summed E-state index contributed by atoms with van der Waals surface area (Å²) in [5.41, 5.74) is 4.49. The molecule has 2 atom stereocenters. The van der Waals surface area contributed by atoms with Gasteiger partial charge in [-0.15, -0.1) is 0 Å². The molecule has 1 aromatic carbocycles. The molecular weight excluding hydrogens is 532 g/mol. The number of benzene rings is 1. The molecule has 3 aromatic heterocycles. The Balaban J connectivity index is 1.10. The van der Waals surface area contributed by atoms with E-state index in [1.165, 1.54) is 6.08 Å². The van der Waals surface area contributed by atoms with Gasteiger partial charge in [0.25, 0.3) is 5.91 Å². The Hall–Kier alpha value is -4.77. The maximum absolute atomic E-state index is 13.0. The zero-order valence-corrected chi connectivity index (χ0v) is 23.3. The number of aromatic nitrogens is 4. The van der Waals surface area contributed by atoms with E-state index in [4.69, 9.17) is 4.74 Å². The van der Waals surface area contributed by atoms with Crippen molar-refractivity contribution in [2.24, 2.45) is 0 Å². The summed E-state index contributed by atoms with van der Waals surface area (Å²) in [6.07, 6.45) is 8.28. The van der Waals surface area contributed by atoms with Gasteiger partial charge < -0.3 is 30.6 Å². The van der Waals surface area contributed by atoms with E-state index < -0.39 is 0 Å². The van der Waals surface area contributed by atoms with Crippen LogP contribution in [0.25, 0.3) is 22.3 Å². The Morgan fingerprint density at radius 2 is 1.81 bits per heavy atom. The van der Waals surface area contributed by atoms with Crippen molar-refractivity contribution in [3.05, 3.63) is 73.3 Å². The zero-order valence-electron chi connectivity index (χ0n) is 23.3. The van der Waals surface area contributed by atoms with Gasteiger partial charge in [-0.25, -0.2) is 9.97 Å². The highest BCUT2D eigenvalue weighted by atomic mass is 16.5. The van der Waals surface area contributed by atoms with Crippen molar-refractivity contribution in [3.8, 4) is 11.3 Å². The van der Waals surface area contributed by atoms with Gasteiger partial charge in [0.15, 0.2) is 0 Å². The molecule has 2 amide bonds. The van der Waals surface area contributed by atoms with Gasteiger partial charge in [0, 0.05) is 48.4 Å². The lowest BCUT2D eigenvalue weighted by Gasteiger charge is -2.30. The number of hydrogen-bond acceptors (Lipinski definition) is 8. The van der Waals surface area contributed by atoms with Crippen molar-refractivity contribution < 1.29 is 14.3 Å². The van der Waals surface area contributed by atoms with Crippen molar-refractivity contribution in [1.29, 1.82) is 0 Å². The fourth-order valence-electron chi connectivity index (χ4n) is 5.63. The number of rotatable bonds is 8. The number of ether oxygens (including phenoxy) is 1. The summed E-state index contributed by atoms with van der Waals surface area (Å²) in [5.74, 6) is 0.467. The van der Waals surface area contributed by atoms with E-state index in [-0.39, 0.29) is 23.9 Å². The van der Waals surface area contributed by atoms with Crippen molar-refractivity contribution in [1.82, 2.24) is 25.3 Å². The third-order valence-corrected chi connectivity index (χ3v) is 7.74. The number of anilines is 3. The number of carbonyl (C=O) groups is 2. The maximum atomic E-state index is 13.0. The summed E-state index contributed by atoms with van der Waals surface area (Å²) in [5, 5.41) is 10.4. The first-order valence-electron chi connectivity index (χ1n) is 14.3. The van der Waals surface area contributed by atoms with Crippen LogP contribution in [0.2, 0.25) is 0 Å². The zero-order chi connectivity index (χ0) is 28.9. The first kappa shape index (κ1) is 27.4. The van der Waals surface area contributed by atoms with E-state index in [0.29, 0.717) is 24.6 Å². The third kappa shape index (κ3) is 6.26. The number of hydrogen-bond donors (Lipinski definition) is 4. The molecule has 11 nitrogen and oxygen atoms in total. The van der Waals surface area contributed by atoms with Gasteiger partial charge in [-0.1, -0.05) is 18.7 Å². The molecule has 2 aliphatic rings. The minimum atomic E-state index is -0.290. The first-order chi connectivity index (χ1) is 20.6. The lowest BCUT2D eigenvalue weighted by atomic mass is 9.90. The summed E-state index contributed by atoms with van der Waals surface area (Å²) in [6, 6.07) is 13.6. The summed E-state index contributed by atoms with van der Waals surface area (Å²) in [4.78, 5) is 43.6. The number of pyridine rings is 1. The Bertz CT molecular complexity index is 1580. The number of carbonyl (C=O) groups excluding carboxylic acids is 2. The number of nitrogens with one attached hydrogen (secondary N) is 4. The van der Waals surface area contributed by atoms with E-state index in [9.17, 15) is 9.59 Å². The molecule has 2 fully saturated rings. The molecule has 1 aliphatic heterocycles. The van der Waals surface area contributed by atoms with Gasteiger partial charge >= 0.3 is 0 Å². The number of aromatic amines is 1. The van der Waals surface area contributed by atoms with Crippen LogP contribution < -0.4 is 20.9 Å². The molecular formula is C31H34N8O3. The van der Waals surface area contributed by atoms with Crippen LogP contribution in [0, 0.1) is 0 Å². The van der Waals surface area contributed by atoms with Crippen LogP contribution in [0.5, 0.6) is 0 Å². The van der Waals surface area contributed by atoms with Gasteiger partial charge in [-0.05, 0) is 67.7 Å². The topological polar surface area (TPSA) is 137 Å². The molecule has 42 heavy (non-hydrogen) atoms. The second kappa shape index (κ2) is 12.4. The smallest absolute Gasteiger partial charge is 0.274 e. The standard InChI is InChI=1S/C31H34N8O3/c1-2-28(40)36-23-5-3-4-22(16-23)35-24-10-11-32-27(17-24)31(41)37-21-8-6-20(7-9-21)26-18-25-29(38-26)33-19-34-30(25)39-12-14-42-15-13-39/h2,6-11,17-19,22-23H,1,3-5,12-16H2,(H,32,35)(H,36,40)(H,37,41)(H,33,34,38)/t22-,23+/m0/s1. The second-order valence-electron chi connectivity index (χ2n) is 10.6. The van der Waals surface area contributed by atoms with Crippen LogP contribution >= 0.6 is 0 Å². The molecule has 0 spiro atoms. The van der Waals surface area contributed by atoms with Gasteiger partial charge in [0.2, 0.25) is 5.91 Å². The quantitative estimate of drug-likeness (QED) is 0.234. The van der Waals surface area contributed by atoms with Gasteiger partial charge in [0.05, 0.1) is 18.6 Å². The Labute approximate surface area is 243 Å². The lowest BCUT2D eigenvalue weighted by Crippen LogP contribution is -2.41. The fourth-order valence-corrected chi connectivity index (χ4v) is 5.63. The molecule has 6 rings (SSSR count). The number of H-pyrrole nitrogens is 1. The highest BCUT2D eigenvalue weighted by molar-refractivity contribution is 6.03. The van der Waals surface area contributed by atoms with Crippen LogP contribution in [0.3, 0.4) is 0 Å². The monoisotopic (exact) mass is 566 g/mol. The summed E-state index contributed by atoms with van der Waals surface area (Å²) in [7, 11) is 0. The van der Waals surface area contributed by atoms with E-state index in [0.717, 1.165) is 72.6 Å². The molecule has 0 bridgehead atoms. The number of fused-ring (bicyclic) bond motifs is 1. The molecule has 216 valence electrons. The lowest BCUT2D eigenvalue weighted by molar-refractivity contribution is -0.117. The molecule has 4 heterocycles. The van der Waals surface area contributed by atoms with E-state index >= 15 is 0 Å². The minimum absolute atomic E-state index is 0.110. The van der Waals surface area contributed by atoms with Gasteiger partial charge in [-0.3, -0.25) is 14.6 Å². The average molecular weight is 567 g/mol. The van der Waals surface area contributed by atoms with Crippen molar-refractivity contribution in [3.63, 3.8) is 0 Å². The van der Waals surface area contributed by atoms with Gasteiger partial charge in [0.1, 0.15) is 23.5 Å². The Kier molecular flexibility index (Phi) is 8.09. The molecule has 4 aromatic rings. The van der Waals surface area contributed by atoms with Crippen LogP contribution in [0.15, 0.2) is 67.6 Å².